The molecular weight excluding hydrogens is 248 g/mol. The number of nitrogens with zero attached hydrogens (tertiary/aromatic N) is 3. The maximum Gasteiger partial charge on any atom is 0.0544 e. The maximum absolute atomic E-state index is 4.59. The van der Waals surface area contributed by atoms with Gasteiger partial charge in [0.1, 0.15) is 0 Å². The number of hydrogen-bond donors (Lipinski definition) is 1. The van der Waals surface area contributed by atoms with Crippen molar-refractivity contribution in [1.82, 2.24) is 20.1 Å². The first-order valence-electron chi connectivity index (χ1n) is 7.91. The summed E-state index contributed by atoms with van der Waals surface area (Å²) in [5.74, 6) is 0. The van der Waals surface area contributed by atoms with Crippen molar-refractivity contribution in [2.24, 2.45) is 0 Å². The van der Waals surface area contributed by atoms with Crippen LogP contribution in [0.2, 0.25) is 0 Å². The van der Waals surface area contributed by atoms with Crippen molar-refractivity contribution < 1.29 is 0 Å². The summed E-state index contributed by atoms with van der Waals surface area (Å²) in [6.45, 7) is 13.3. The number of pyridine rings is 1. The molecule has 1 saturated heterocycles. The quantitative estimate of drug-likeness (QED) is 0.822. The van der Waals surface area contributed by atoms with Gasteiger partial charge in [-0.2, -0.15) is 0 Å². The number of nitrogens with one attached hydrogen (secondary N) is 1. The molecule has 0 aliphatic carbocycles. The monoisotopic (exact) mass is 276 g/mol. The number of aromatic nitrogens is 1. The maximum atomic E-state index is 4.59. The normalized spacial score (nSPS) is 17.5. The van der Waals surface area contributed by atoms with Crippen molar-refractivity contribution >= 4 is 0 Å². The standard InChI is InChI=1S/C16H28N4/c1-3-7-19-8-10-20(11-9-19)14-16-6-5-15(13-18-16)12-17-4-2/h5-6,13,17H,3-4,7-12,14H2,1-2H3. The molecular formula is C16H28N4. The predicted octanol–water partition coefficient (Wildman–Crippen LogP) is 1.72. The number of piperazine rings is 1. The summed E-state index contributed by atoms with van der Waals surface area (Å²) in [6, 6.07) is 4.36. The van der Waals surface area contributed by atoms with Crippen LogP contribution in [0.15, 0.2) is 18.3 Å². The van der Waals surface area contributed by atoms with Crippen molar-refractivity contribution in [3.8, 4) is 0 Å². The van der Waals surface area contributed by atoms with Gasteiger partial charge in [0.05, 0.1) is 5.69 Å². The molecule has 0 spiro atoms. The van der Waals surface area contributed by atoms with E-state index in [0.717, 1.165) is 19.6 Å². The minimum atomic E-state index is 0.916. The van der Waals surface area contributed by atoms with Gasteiger partial charge in [-0.15, -0.1) is 0 Å². The van der Waals surface area contributed by atoms with E-state index >= 15 is 0 Å². The third-order valence-corrected chi connectivity index (χ3v) is 3.86. The van der Waals surface area contributed by atoms with Crippen LogP contribution >= 0.6 is 0 Å². The summed E-state index contributed by atoms with van der Waals surface area (Å²) in [6.07, 6.45) is 3.26. The summed E-state index contributed by atoms with van der Waals surface area (Å²) >= 11 is 0. The zero-order valence-electron chi connectivity index (χ0n) is 12.9. The molecule has 1 aliphatic rings. The van der Waals surface area contributed by atoms with Gasteiger partial charge in [-0.05, 0) is 31.1 Å². The Morgan fingerprint density at radius 2 is 1.85 bits per heavy atom. The predicted molar refractivity (Wildman–Crippen MR) is 83.6 cm³/mol. The van der Waals surface area contributed by atoms with Crippen LogP contribution in [0, 0.1) is 0 Å². The molecule has 4 heteroatoms. The van der Waals surface area contributed by atoms with Crippen LogP contribution in [0.1, 0.15) is 31.5 Å². The summed E-state index contributed by atoms with van der Waals surface area (Å²) < 4.78 is 0. The summed E-state index contributed by atoms with van der Waals surface area (Å²) in [5, 5.41) is 3.33. The van der Waals surface area contributed by atoms with E-state index in [4.69, 9.17) is 0 Å². The molecule has 20 heavy (non-hydrogen) atoms. The number of hydrogen-bond acceptors (Lipinski definition) is 4. The Labute approximate surface area is 123 Å². The second-order valence-corrected chi connectivity index (χ2v) is 5.56. The molecule has 0 atom stereocenters. The Bertz CT molecular complexity index is 369. The van der Waals surface area contributed by atoms with E-state index in [9.17, 15) is 0 Å². The highest BCUT2D eigenvalue weighted by molar-refractivity contribution is 5.14. The van der Waals surface area contributed by atoms with Crippen LogP contribution in [-0.4, -0.2) is 54.1 Å². The lowest BCUT2D eigenvalue weighted by Gasteiger charge is -2.34. The lowest BCUT2D eigenvalue weighted by molar-refractivity contribution is 0.126. The van der Waals surface area contributed by atoms with E-state index in [1.165, 1.54) is 50.4 Å². The van der Waals surface area contributed by atoms with Crippen LogP contribution < -0.4 is 5.32 Å². The first-order valence-corrected chi connectivity index (χ1v) is 7.91. The zero-order chi connectivity index (χ0) is 14.2. The fourth-order valence-corrected chi connectivity index (χ4v) is 2.64. The van der Waals surface area contributed by atoms with Gasteiger partial charge < -0.3 is 10.2 Å². The third kappa shape index (κ3) is 4.85. The number of rotatable bonds is 7. The topological polar surface area (TPSA) is 31.4 Å². The summed E-state index contributed by atoms with van der Waals surface area (Å²) in [5.41, 5.74) is 2.46. The molecule has 4 nitrogen and oxygen atoms in total. The van der Waals surface area contributed by atoms with E-state index < -0.39 is 0 Å². The largest absolute Gasteiger partial charge is 0.313 e. The minimum Gasteiger partial charge on any atom is -0.313 e. The second kappa shape index (κ2) is 8.35. The lowest BCUT2D eigenvalue weighted by atomic mass is 10.2. The van der Waals surface area contributed by atoms with Crippen molar-refractivity contribution in [2.75, 3.05) is 39.3 Å². The van der Waals surface area contributed by atoms with Gasteiger partial charge in [0, 0.05) is 45.5 Å². The Hall–Kier alpha value is -0.970. The third-order valence-electron chi connectivity index (χ3n) is 3.86. The van der Waals surface area contributed by atoms with Crippen molar-refractivity contribution in [2.45, 2.75) is 33.4 Å². The highest BCUT2D eigenvalue weighted by Gasteiger charge is 2.16. The molecule has 2 rings (SSSR count). The SMILES string of the molecule is CCCN1CCN(Cc2ccc(CNCC)cn2)CC1. The first kappa shape index (κ1) is 15.4. The Morgan fingerprint density at radius 1 is 1.10 bits per heavy atom. The molecule has 112 valence electrons. The molecule has 0 amide bonds. The first-order chi connectivity index (χ1) is 9.81. The highest BCUT2D eigenvalue weighted by Crippen LogP contribution is 2.08. The Morgan fingerprint density at radius 3 is 2.45 bits per heavy atom. The average molecular weight is 276 g/mol. The van der Waals surface area contributed by atoms with Crippen LogP contribution in [-0.2, 0) is 13.1 Å². The lowest BCUT2D eigenvalue weighted by Crippen LogP contribution is -2.46. The molecule has 0 aromatic carbocycles. The Balaban J connectivity index is 1.76. The van der Waals surface area contributed by atoms with Gasteiger partial charge in [-0.3, -0.25) is 9.88 Å². The van der Waals surface area contributed by atoms with Gasteiger partial charge in [0.2, 0.25) is 0 Å². The fourth-order valence-electron chi connectivity index (χ4n) is 2.64. The van der Waals surface area contributed by atoms with Crippen molar-refractivity contribution in [3.05, 3.63) is 29.6 Å². The van der Waals surface area contributed by atoms with Gasteiger partial charge >= 0.3 is 0 Å². The summed E-state index contributed by atoms with van der Waals surface area (Å²) in [7, 11) is 0. The van der Waals surface area contributed by atoms with Crippen LogP contribution in [0.25, 0.3) is 0 Å². The van der Waals surface area contributed by atoms with E-state index in [0.29, 0.717) is 0 Å². The van der Waals surface area contributed by atoms with E-state index in [2.05, 4.69) is 46.1 Å². The van der Waals surface area contributed by atoms with Crippen molar-refractivity contribution in [1.29, 1.82) is 0 Å². The molecule has 0 radical (unpaired) electrons. The van der Waals surface area contributed by atoms with E-state index in [-0.39, 0.29) is 0 Å². The molecule has 1 N–H and O–H groups in total. The molecule has 0 unspecified atom stereocenters. The molecule has 2 heterocycles. The highest BCUT2D eigenvalue weighted by atomic mass is 15.3. The van der Waals surface area contributed by atoms with Crippen LogP contribution in [0.3, 0.4) is 0 Å². The van der Waals surface area contributed by atoms with E-state index in [1.807, 2.05) is 6.20 Å². The molecule has 1 aromatic heterocycles. The summed E-state index contributed by atoms with van der Waals surface area (Å²) in [4.78, 5) is 9.66. The molecule has 1 aromatic rings. The molecule has 1 fully saturated rings. The zero-order valence-corrected chi connectivity index (χ0v) is 12.9. The fraction of sp³-hybridized carbons (Fsp3) is 0.688. The van der Waals surface area contributed by atoms with Crippen molar-refractivity contribution in [3.63, 3.8) is 0 Å². The average Bonchev–Trinajstić information content (AvgIpc) is 2.49. The minimum absolute atomic E-state index is 0.916. The van der Waals surface area contributed by atoms with E-state index in [1.54, 1.807) is 0 Å². The van der Waals surface area contributed by atoms with Gasteiger partial charge in [0.15, 0.2) is 0 Å². The molecule has 0 bridgehead atoms. The molecule has 0 saturated carbocycles. The second-order valence-electron chi connectivity index (χ2n) is 5.56. The van der Waals surface area contributed by atoms with Gasteiger partial charge in [-0.1, -0.05) is 19.9 Å². The smallest absolute Gasteiger partial charge is 0.0544 e. The van der Waals surface area contributed by atoms with Gasteiger partial charge in [0.25, 0.3) is 0 Å². The van der Waals surface area contributed by atoms with Gasteiger partial charge in [-0.25, -0.2) is 0 Å². The molecule has 1 aliphatic heterocycles. The van der Waals surface area contributed by atoms with Crippen LogP contribution in [0.5, 0.6) is 0 Å². The Kier molecular flexibility index (Phi) is 6.43. The van der Waals surface area contributed by atoms with Crippen LogP contribution in [0.4, 0.5) is 0 Å².